The van der Waals surface area contributed by atoms with Crippen LogP contribution in [0.15, 0.2) is 24.3 Å². The first-order valence-corrected chi connectivity index (χ1v) is 10.6. The second-order valence-electron chi connectivity index (χ2n) is 9.45. The predicted molar refractivity (Wildman–Crippen MR) is 103 cm³/mol. The maximum absolute atomic E-state index is 11.5. The number of allylic oxidation sites excluding steroid dienone is 3. The smallest absolute Gasteiger partial charge is 0.164 e. The monoisotopic (exact) mass is 358 g/mol. The van der Waals surface area contributed by atoms with Gasteiger partial charge in [0.15, 0.2) is 6.29 Å². The summed E-state index contributed by atoms with van der Waals surface area (Å²) in [6, 6.07) is 0. The molecule has 0 aromatic carbocycles. The molecular formula is C23H34O3. The Kier molecular flexibility index (Phi) is 4.90. The van der Waals surface area contributed by atoms with Crippen molar-refractivity contribution >= 4 is 6.29 Å². The third-order valence-electron chi connectivity index (χ3n) is 8.20. The summed E-state index contributed by atoms with van der Waals surface area (Å²) in [5, 5.41) is 0. The fourth-order valence-corrected chi connectivity index (χ4v) is 6.42. The summed E-state index contributed by atoms with van der Waals surface area (Å²) in [6.45, 7) is 7.80. The van der Waals surface area contributed by atoms with Crippen molar-refractivity contribution < 1.29 is 14.3 Å². The van der Waals surface area contributed by atoms with E-state index in [2.05, 4.69) is 45.1 Å². The van der Waals surface area contributed by atoms with Crippen LogP contribution in [0.25, 0.3) is 0 Å². The molecule has 3 nitrogen and oxygen atoms in total. The van der Waals surface area contributed by atoms with E-state index in [0.717, 1.165) is 45.0 Å². The highest BCUT2D eigenvalue weighted by Crippen LogP contribution is 2.61. The lowest BCUT2D eigenvalue weighted by Gasteiger charge is -2.59. The highest BCUT2D eigenvalue weighted by Gasteiger charge is 2.56. The fourth-order valence-electron chi connectivity index (χ4n) is 6.42. The van der Waals surface area contributed by atoms with Crippen LogP contribution in [0.1, 0.15) is 59.3 Å². The van der Waals surface area contributed by atoms with E-state index in [9.17, 15) is 4.79 Å². The van der Waals surface area contributed by atoms with Crippen LogP contribution in [0.3, 0.4) is 0 Å². The van der Waals surface area contributed by atoms with Crippen LogP contribution in [0.2, 0.25) is 0 Å². The Balaban J connectivity index is 1.57. The van der Waals surface area contributed by atoms with E-state index in [1.807, 2.05) is 0 Å². The molecule has 0 aromatic heterocycles. The molecule has 1 saturated heterocycles. The molecule has 4 aliphatic rings. The van der Waals surface area contributed by atoms with Gasteiger partial charge in [0.2, 0.25) is 0 Å². The quantitative estimate of drug-likeness (QED) is 0.529. The van der Waals surface area contributed by atoms with Crippen molar-refractivity contribution in [2.75, 3.05) is 6.61 Å². The van der Waals surface area contributed by atoms with E-state index in [4.69, 9.17) is 9.47 Å². The molecule has 8 atom stereocenters. The fraction of sp³-hybridized carbons (Fsp3) is 0.783. The normalized spacial score (nSPS) is 50.3. The van der Waals surface area contributed by atoms with E-state index in [0.29, 0.717) is 36.2 Å². The van der Waals surface area contributed by atoms with Gasteiger partial charge in [-0.1, -0.05) is 45.1 Å². The first-order chi connectivity index (χ1) is 12.5. The summed E-state index contributed by atoms with van der Waals surface area (Å²) in [5.74, 6) is 1.70. The van der Waals surface area contributed by atoms with E-state index in [1.165, 1.54) is 0 Å². The molecule has 1 aliphatic heterocycles. The largest absolute Gasteiger partial charge is 0.352 e. The predicted octanol–water partition coefficient (Wildman–Crippen LogP) is 4.92. The zero-order valence-electron chi connectivity index (χ0n) is 16.5. The van der Waals surface area contributed by atoms with Crippen LogP contribution >= 0.6 is 0 Å². The molecule has 6 unspecified atom stereocenters. The van der Waals surface area contributed by atoms with Gasteiger partial charge in [0.25, 0.3) is 0 Å². The van der Waals surface area contributed by atoms with Crippen molar-refractivity contribution in [1.29, 1.82) is 0 Å². The minimum absolute atomic E-state index is 0.0568. The second-order valence-corrected chi connectivity index (χ2v) is 9.45. The lowest BCUT2D eigenvalue weighted by molar-refractivity contribution is -0.277. The Morgan fingerprint density at radius 1 is 1.23 bits per heavy atom. The van der Waals surface area contributed by atoms with Crippen LogP contribution in [0, 0.1) is 34.5 Å². The Morgan fingerprint density at radius 3 is 2.77 bits per heavy atom. The molecule has 0 amide bonds. The molecule has 3 heteroatoms. The topological polar surface area (TPSA) is 35.5 Å². The second kappa shape index (κ2) is 6.91. The van der Waals surface area contributed by atoms with Crippen LogP contribution in [-0.2, 0) is 14.3 Å². The number of carbonyl (C=O) groups excluding carboxylic acids is 1. The van der Waals surface area contributed by atoms with Gasteiger partial charge in [-0.25, -0.2) is 0 Å². The molecule has 0 radical (unpaired) electrons. The number of hydrogen-bond acceptors (Lipinski definition) is 3. The van der Waals surface area contributed by atoms with Crippen molar-refractivity contribution in [2.24, 2.45) is 34.5 Å². The Morgan fingerprint density at radius 2 is 2.08 bits per heavy atom. The van der Waals surface area contributed by atoms with E-state index < -0.39 is 0 Å². The number of hydrogen-bond donors (Lipinski definition) is 0. The molecule has 0 N–H and O–H groups in total. The summed E-state index contributed by atoms with van der Waals surface area (Å²) in [6.07, 6.45) is 17.0. The molecule has 144 valence electrons. The standard InChI is InChI=1S/C23H34O3/c1-4-22(2)12-9-18-17-15-25-21(16-7-5-6-8-16)26-19(17)10-13-23(18,3)20(22)11-14-24/h5,7,9,12,14,16-21H,4,6,8,10-11,13,15H2,1-3H3/t16?,17?,18?,19?,20?,21-,22?,23-/m1/s1. The van der Waals surface area contributed by atoms with Crippen LogP contribution < -0.4 is 0 Å². The molecule has 2 fully saturated rings. The van der Waals surface area contributed by atoms with Gasteiger partial charge < -0.3 is 14.3 Å². The third kappa shape index (κ3) is 2.82. The maximum Gasteiger partial charge on any atom is 0.164 e. The molecule has 26 heavy (non-hydrogen) atoms. The molecule has 1 saturated carbocycles. The summed E-state index contributed by atoms with van der Waals surface area (Å²) >= 11 is 0. The Labute approximate surface area is 158 Å². The van der Waals surface area contributed by atoms with Gasteiger partial charge in [0.1, 0.15) is 6.29 Å². The van der Waals surface area contributed by atoms with Gasteiger partial charge in [-0.2, -0.15) is 0 Å². The summed E-state index contributed by atoms with van der Waals surface area (Å²) in [7, 11) is 0. The highest BCUT2D eigenvalue weighted by atomic mass is 16.7. The molecule has 1 heterocycles. The van der Waals surface area contributed by atoms with Crippen LogP contribution in [-0.4, -0.2) is 25.3 Å². The maximum atomic E-state index is 11.5. The Hall–Kier alpha value is -0.930. The number of aldehydes is 1. The zero-order valence-corrected chi connectivity index (χ0v) is 16.5. The molecule has 0 spiro atoms. The summed E-state index contributed by atoms with van der Waals surface area (Å²) < 4.78 is 12.7. The zero-order chi connectivity index (χ0) is 18.4. The third-order valence-corrected chi connectivity index (χ3v) is 8.20. The van der Waals surface area contributed by atoms with Gasteiger partial charge >= 0.3 is 0 Å². The van der Waals surface area contributed by atoms with Gasteiger partial charge in [-0.05, 0) is 54.8 Å². The number of ether oxygens (including phenoxy) is 2. The van der Waals surface area contributed by atoms with Crippen LogP contribution in [0.5, 0.6) is 0 Å². The number of carbonyl (C=O) groups is 1. The van der Waals surface area contributed by atoms with Gasteiger partial charge in [0, 0.05) is 18.3 Å². The van der Waals surface area contributed by atoms with E-state index in [1.54, 1.807) is 0 Å². The molecule has 4 rings (SSSR count). The van der Waals surface area contributed by atoms with Gasteiger partial charge in [-0.15, -0.1) is 0 Å². The first-order valence-electron chi connectivity index (χ1n) is 10.6. The first kappa shape index (κ1) is 18.4. The van der Waals surface area contributed by atoms with E-state index in [-0.39, 0.29) is 17.1 Å². The average Bonchev–Trinajstić information content (AvgIpc) is 3.19. The van der Waals surface area contributed by atoms with Crippen molar-refractivity contribution in [1.82, 2.24) is 0 Å². The lowest BCUT2D eigenvalue weighted by atomic mass is 9.47. The summed E-state index contributed by atoms with van der Waals surface area (Å²) in [5.41, 5.74) is 0.279. The van der Waals surface area contributed by atoms with E-state index >= 15 is 0 Å². The van der Waals surface area contributed by atoms with Gasteiger partial charge in [-0.3, -0.25) is 0 Å². The minimum Gasteiger partial charge on any atom is -0.352 e. The average molecular weight is 359 g/mol. The minimum atomic E-state index is -0.0568. The van der Waals surface area contributed by atoms with Gasteiger partial charge in [0.05, 0.1) is 12.7 Å². The SMILES string of the molecule is CCC1(C)C=CC2C3CO[C@@H](C4C=CCC4)OC3CC[C@@]2(C)C1CC=O. The van der Waals surface area contributed by atoms with Crippen molar-refractivity contribution in [3.63, 3.8) is 0 Å². The molecule has 0 aromatic rings. The van der Waals surface area contributed by atoms with Crippen molar-refractivity contribution in [3.8, 4) is 0 Å². The van der Waals surface area contributed by atoms with Crippen molar-refractivity contribution in [3.05, 3.63) is 24.3 Å². The van der Waals surface area contributed by atoms with Crippen LogP contribution in [0.4, 0.5) is 0 Å². The number of rotatable bonds is 4. The lowest BCUT2D eigenvalue weighted by Crippen LogP contribution is -2.57. The highest BCUT2D eigenvalue weighted by molar-refractivity contribution is 5.51. The van der Waals surface area contributed by atoms with Crippen molar-refractivity contribution in [2.45, 2.75) is 71.7 Å². The molecule has 0 bridgehead atoms. The molecular weight excluding hydrogens is 324 g/mol. The Bertz CT molecular complexity index is 596. The molecule has 3 aliphatic carbocycles. The summed E-state index contributed by atoms with van der Waals surface area (Å²) in [4.78, 5) is 11.5. The number of fused-ring (bicyclic) bond motifs is 3.